The lowest BCUT2D eigenvalue weighted by Gasteiger charge is -2.09. The van der Waals surface area contributed by atoms with Crippen LogP contribution in [0, 0.1) is 15.9 Å². The van der Waals surface area contributed by atoms with E-state index in [1.807, 2.05) is 0 Å². The average molecular weight is 430 g/mol. The summed E-state index contributed by atoms with van der Waals surface area (Å²) in [4.78, 5) is 33.6. The van der Waals surface area contributed by atoms with Crippen LogP contribution in [0.4, 0.5) is 28.9 Å². The zero-order chi connectivity index (χ0) is 22.3. The van der Waals surface area contributed by atoms with E-state index in [-0.39, 0.29) is 12.2 Å². The Bertz CT molecular complexity index is 931. The van der Waals surface area contributed by atoms with Crippen molar-refractivity contribution in [2.24, 2.45) is 0 Å². The van der Waals surface area contributed by atoms with Gasteiger partial charge in [0.1, 0.15) is 12.4 Å². The molecule has 8 nitrogen and oxygen atoms in total. The number of halogens is 4. The number of non-ortho nitro benzene ring substituents is 1. The Balaban J connectivity index is 1.86. The average Bonchev–Trinajstić information content (AvgIpc) is 2.67. The number of carbonyl (C=O) groups excluding carboxylic acids is 2. The van der Waals surface area contributed by atoms with Gasteiger partial charge in [0.05, 0.1) is 22.8 Å². The third-order valence-corrected chi connectivity index (χ3v) is 3.49. The number of benzene rings is 2. The van der Waals surface area contributed by atoms with Gasteiger partial charge < -0.3 is 14.8 Å². The Kier molecular flexibility index (Phi) is 7.42. The molecular formula is C18H14F4N2O6. The molecule has 0 fully saturated rings. The van der Waals surface area contributed by atoms with Gasteiger partial charge in [-0.25, -0.2) is 9.18 Å². The second-order valence-electron chi connectivity index (χ2n) is 5.85. The maximum absolute atomic E-state index is 13.6. The lowest BCUT2D eigenvalue weighted by atomic mass is 10.1. The zero-order valence-corrected chi connectivity index (χ0v) is 15.1. The van der Waals surface area contributed by atoms with Crippen LogP contribution in [0.1, 0.15) is 15.9 Å². The molecule has 0 unspecified atom stereocenters. The monoisotopic (exact) mass is 430 g/mol. The second kappa shape index (κ2) is 9.78. The molecule has 0 aliphatic rings. The lowest BCUT2D eigenvalue weighted by Crippen LogP contribution is -2.21. The van der Waals surface area contributed by atoms with E-state index in [0.717, 1.165) is 18.2 Å². The number of ether oxygens (including phenoxy) is 2. The number of nitro benzene ring substituents is 1. The first-order chi connectivity index (χ1) is 14.0. The molecular weight excluding hydrogens is 416 g/mol. The van der Waals surface area contributed by atoms with Gasteiger partial charge in [-0.05, 0) is 23.8 Å². The number of anilines is 1. The number of nitro groups is 1. The largest absolute Gasteiger partial charge is 0.452 e. The molecule has 0 saturated heterocycles. The predicted octanol–water partition coefficient (Wildman–Crippen LogP) is 3.61. The van der Waals surface area contributed by atoms with E-state index in [1.165, 1.54) is 24.3 Å². The van der Waals surface area contributed by atoms with Gasteiger partial charge in [0.2, 0.25) is 0 Å². The van der Waals surface area contributed by atoms with Crippen LogP contribution in [0.25, 0.3) is 0 Å². The normalized spacial score (nSPS) is 11.1. The summed E-state index contributed by atoms with van der Waals surface area (Å²) in [6.07, 6.45) is -4.45. The van der Waals surface area contributed by atoms with Crippen LogP contribution in [0.2, 0.25) is 0 Å². The first-order valence-corrected chi connectivity index (χ1v) is 8.19. The highest BCUT2D eigenvalue weighted by Gasteiger charge is 2.27. The summed E-state index contributed by atoms with van der Waals surface area (Å²) in [5, 5.41) is 12.7. The van der Waals surface area contributed by atoms with Gasteiger partial charge in [-0.1, -0.05) is 12.1 Å². The lowest BCUT2D eigenvalue weighted by molar-refractivity contribution is -0.384. The van der Waals surface area contributed by atoms with Gasteiger partial charge in [0.25, 0.3) is 11.6 Å². The summed E-state index contributed by atoms with van der Waals surface area (Å²) in [5.74, 6) is -2.75. The van der Waals surface area contributed by atoms with Crippen molar-refractivity contribution >= 4 is 23.3 Å². The molecule has 0 aromatic heterocycles. The summed E-state index contributed by atoms with van der Waals surface area (Å²) in [6.45, 7) is -2.51. The Morgan fingerprint density at radius 3 is 2.37 bits per heavy atom. The third-order valence-electron chi connectivity index (χ3n) is 3.49. The van der Waals surface area contributed by atoms with Crippen molar-refractivity contribution in [1.82, 2.24) is 0 Å². The van der Waals surface area contributed by atoms with Crippen LogP contribution in [0.3, 0.4) is 0 Å². The molecule has 2 rings (SSSR count). The van der Waals surface area contributed by atoms with E-state index < -0.39 is 53.4 Å². The van der Waals surface area contributed by atoms with E-state index in [1.54, 1.807) is 0 Å². The molecule has 160 valence electrons. The number of amides is 1. The summed E-state index contributed by atoms with van der Waals surface area (Å²) in [7, 11) is 0. The minimum atomic E-state index is -4.45. The first kappa shape index (κ1) is 22.7. The van der Waals surface area contributed by atoms with Crippen molar-refractivity contribution in [2.75, 3.05) is 18.5 Å². The van der Waals surface area contributed by atoms with E-state index >= 15 is 0 Å². The van der Waals surface area contributed by atoms with Crippen molar-refractivity contribution in [1.29, 1.82) is 0 Å². The van der Waals surface area contributed by atoms with Crippen LogP contribution < -0.4 is 5.32 Å². The third kappa shape index (κ3) is 7.13. The van der Waals surface area contributed by atoms with Gasteiger partial charge in [-0.3, -0.25) is 14.9 Å². The second-order valence-corrected chi connectivity index (χ2v) is 5.85. The fourth-order valence-electron chi connectivity index (χ4n) is 2.14. The minimum Gasteiger partial charge on any atom is -0.452 e. The standard InChI is InChI=1S/C18H14F4N2O6/c19-14-6-5-13(24(27)28)7-15(14)23-16(25)9-30-17(26)12-3-1-11(2-4-12)8-29-10-18(20,21)22/h1-7H,8-10H2,(H,23,25). The summed E-state index contributed by atoms with van der Waals surface area (Å²) >= 11 is 0. The van der Waals surface area contributed by atoms with Crippen LogP contribution in [0.5, 0.6) is 0 Å². The van der Waals surface area contributed by atoms with Gasteiger partial charge >= 0.3 is 12.1 Å². The van der Waals surface area contributed by atoms with Gasteiger partial charge in [-0.15, -0.1) is 0 Å². The number of carbonyl (C=O) groups is 2. The molecule has 0 bridgehead atoms. The van der Waals surface area contributed by atoms with Crippen molar-refractivity contribution < 1.29 is 41.5 Å². The van der Waals surface area contributed by atoms with Crippen molar-refractivity contribution in [3.63, 3.8) is 0 Å². The topological polar surface area (TPSA) is 108 Å². The molecule has 1 N–H and O–H groups in total. The van der Waals surface area contributed by atoms with Crippen molar-refractivity contribution in [3.8, 4) is 0 Å². The number of hydrogen-bond donors (Lipinski definition) is 1. The van der Waals surface area contributed by atoms with E-state index in [0.29, 0.717) is 5.56 Å². The smallest absolute Gasteiger partial charge is 0.411 e. The molecule has 12 heteroatoms. The number of rotatable bonds is 8. The highest BCUT2D eigenvalue weighted by molar-refractivity contribution is 5.95. The summed E-state index contributed by atoms with van der Waals surface area (Å²) in [5.41, 5.74) is -0.491. The van der Waals surface area contributed by atoms with E-state index in [4.69, 9.17) is 4.74 Å². The highest BCUT2D eigenvalue weighted by atomic mass is 19.4. The minimum absolute atomic E-state index is 0.0175. The molecule has 2 aromatic rings. The van der Waals surface area contributed by atoms with Crippen molar-refractivity contribution in [2.45, 2.75) is 12.8 Å². The molecule has 1 amide bonds. The number of nitrogens with zero attached hydrogens (tertiary/aromatic N) is 1. The molecule has 0 aliphatic heterocycles. The first-order valence-electron chi connectivity index (χ1n) is 8.19. The van der Waals surface area contributed by atoms with Crippen molar-refractivity contribution in [3.05, 3.63) is 69.5 Å². The van der Waals surface area contributed by atoms with Gasteiger partial charge in [-0.2, -0.15) is 13.2 Å². The van der Waals surface area contributed by atoms with Crippen LogP contribution in [-0.4, -0.2) is 36.2 Å². The molecule has 0 spiro atoms. The molecule has 0 aliphatic carbocycles. The summed E-state index contributed by atoms with van der Waals surface area (Å²) in [6, 6.07) is 7.79. The molecule has 0 radical (unpaired) electrons. The Morgan fingerprint density at radius 2 is 1.77 bits per heavy atom. The maximum atomic E-state index is 13.6. The molecule has 0 atom stereocenters. The van der Waals surface area contributed by atoms with Crippen LogP contribution in [-0.2, 0) is 20.9 Å². The van der Waals surface area contributed by atoms with Gasteiger partial charge in [0, 0.05) is 12.1 Å². The molecule has 30 heavy (non-hydrogen) atoms. The SMILES string of the molecule is O=C(COC(=O)c1ccc(COCC(F)(F)F)cc1)Nc1cc([N+](=O)[O-])ccc1F. The number of alkyl halides is 3. The predicted molar refractivity (Wildman–Crippen MR) is 94.1 cm³/mol. The Labute approximate surface area is 166 Å². The number of hydrogen-bond acceptors (Lipinski definition) is 6. The van der Waals surface area contributed by atoms with Gasteiger partial charge in [0.15, 0.2) is 6.61 Å². The van der Waals surface area contributed by atoms with Crippen LogP contribution >= 0.6 is 0 Å². The fourth-order valence-corrected chi connectivity index (χ4v) is 2.14. The number of nitrogens with one attached hydrogen (secondary N) is 1. The van der Waals surface area contributed by atoms with E-state index in [2.05, 4.69) is 10.1 Å². The summed E-state index contributed by atoms with van der Waals surface area (Å²) < 4.78 is 58.9. The fraction of sp³-hybridized carbons (Fsp3) is 0.222. The highest BCUT2D eigenvalue weighted by Crippen LogP contribution is 2.21. The quantitative estimate of drug-likeness (QED) is 0.297. The number of esters is 1. The zero-order valence-electron chi connectivity index (χ0n) is 15.1. The maximum Gasteiger partial charge on any atom is 0.411 e. The molecule has 0 saturated carbocycles. The molecule has 2 aromatic carbocycles. The molecule has 0 heterocycles. The Hall–Kier alpha value is -3.54. The van der Waals surface area contributed by atoms with E-state index in [9.17, 15) is 37.3 Å². The Morgan fingerprint density at radius 1 is 1.10 bits per heavy atom. The van der Waals surface area contributed by atoms with Crippen LogP contribution in [0.15, 0.2) is 42.5 Å².